The van der Waals surface area contributed by atoms with Gasteiger partial charge in [-0.15, -0.1) is 0 Å². The van der Waals surface area contributed by atoms with E-state index in [1.54, 1.807) is 36.7 Å². The number of benzene rings is 2. The van der Waals surface area contributed by atoms with E-state index in [2.05, 4.69) is 17.1 Å². The van der Waals surface area contributed by atoms with Crippen LogP contribution in [0.1, 0.15) is 61.0 Å². The molecule has 2 heterocycles. The van der Waals surface area contributed by atoms with Crippen molar-refractivity contribution in [1.82, 2.24) is 14.5 Å². The third-order valence-electron chi connectivity index (χ3n) is 7.79. The number of rotatable bonds is 11. The van der Waals surface area contributed by atoms with Gasteiger partial charge in [0.05, 0.1) is 31.7 Å². The van der Waals surface area contributed by atoms with Crippen LogP contribution >= 0.6 is 0 Å². The highest BCUT2D eigenvalue weighted by atomic mass is 32.2. The maximum Gasteiger partial charge on any atom is 0.243 e. The number of piperidine rings is 2. The minimum atomic E-state index is -3.61. The molecule has 0 aromatic heterocycles. The second kappa shape index (κ2) is 13.1. The van der Waals surface area contributed by atoms with Crippen molar-refractivity contribution in [3.8, 4) is 11.5 Å². The van der Waals surface area contributed by atoms with Gasteiger partial charge in [0.15, 0.2) is 5.78 Å². The van der Waals surface area contributed by atoms with E-state index in [0.29, 0.717) is 31.1 Å². The molecule has 2 aliphatic heterocycles. The maximum atomic E-state index is 13.2. The van der Waals surface area contributed by atoms with E-state index in [0.717, 1.165) is 55.8 Å². The number of Topliss-reactive ketones (excluding diaryl/α,β-unsaturated/α-hetero) is 1. The van der Waals surface area contributed by atoms with E-state index in [1.165, 1.54) is 12.5 Å². The summed E-state index contributed by atoms with van der Waals surface area (Å²) >= 11 is 0. The van der Waals surface area contributed by atoms with Crippen LogP contribution in [-0.4, -0.2) is 76.9 Å². The minimum absolute atomic E-state index is 0.0151. The fourth-order valence-corrected chi connectivity index (χ4v) is 6.91. The van der Waals surface area contributed by atoms with Crippen molar-refractivity contribution in [1.29, 1.82) is 0 Å². The maximum absolute atomic E-state index is 13.2. The van der Waals surface area contributed by atoms with Crippen molar-refractivity contribution in [2.75, 3.05) is 53.5 Å². The van der Waals surface area contributed by atoms with Crippen molar-refractivity contribution < 1.29 is 22.7 Å². The van der Waals surface area contributed by atoms with Crippen LogP contribution in [0.3, 0.4) is 0 Å². The fourth-order valence-electron chi connectivity index (χ4n) is 5.39. The van der Waals surface area contributed by atoms with Crippen LogP contribution in [0, 0.1) is 5.92 Å². The van der Waals surface area contributed by atoms with Gasteiger partial charge in [-0.1, -0.05) is 25.5 Å². The molecule has 0 aliphatic carbocycles. The summed E-state index contributed by atoms with van der Waals surface area (Å²) in [6, 6.07) is 12.3. The van der Waals surface area contributed by atoms with Crippen molar-refractivity contribution in [3.63, 3.8) is 0 Å². The Balaban J connectivity index is 1.46. The first-order chi connectivity index (χ1) is 18.3. The van der Waals surface area contributed by atoms with Gasteiger partial charge in [-0.25, -0.2) is 8.42 Å². The smallest absolute Gasteiger partial charge is 0.243 e. The predicted octanol–water partition coefficient (Wildman–Crippen LogP) is 4.12. The van der Waals surface area contributed by atoms with Crippen LogP contribution in [0.15, 0.2) is 47.4 Å². The summed E-state index contributed by atoms with van der Waals surface area (Å²) in [7, 11) is -0.293. The van der Waals surface area contributed by atoms with E-state index in [4.69, 9.17) is 9.47 Å². The molecule has 1 N–H and O–H groups in total. The van der Waals surface area contributed by atoms with Gasteiger partial charge < -0.3 is 14.8 Å². The van der Waals surface area contributed by atoms with Crippen molar-refractivity contribution in [3.05, 3.63) is 53.6 Å². The van der Waals surface area contributed by atoms with Gasteiger partial charge in [0, 0.05) is 30.8 Å². The average Bonchev–Trinajstić information content (AvgIpc) is 2.95. The number of likely N-dealkylation sites (tertiary alicyclic amines) is 1. The Morgan fingerprint density at radius 2 is 1.74 bits per heavy atom. The molecule has 2 aliphatic rings. The summed E-state index contributed by atoms with van der Waals surface area (Å²) in [5.41, 5.74) is 1.43. The molecule has 4 rings (SSSR count). The van der Waals surface area contributed by atoms with Gasteiger partial charge in [0.1, 0.15) is 11.5 Å². The van der Waals surface area contributed by atoms with Crippen LogP contribution in [-0.2, 0) is 10.0 Å². The Bertz CT molecular complexity index is 1190. The Morgan fingerprint density at radius 1 is 1.00 bits per heavy atom. The van der Waals surface area contributed by atoms with Gasteiger partial charge >= 0.3 is 0 Å². The van der Waals surface area contributed by atoms with Crippen molar-refractivity contribution in [2.24, 2.45) is 5.92 Å². The van der Waals surface area contributed by atoms with Gasteiger partial charge in [-0.2, -0.15) is 4.31 Å². The van der Waals surface area contributed by atoms with Crippen LogP contribution in [0.25, 0.3) is 0 Å². The first kappa shape index (κ1) is 28.5. The topological polar surface area (TPSA) is 88.2 Å². The molecule has 2 aromatic carbocycles. The molecule has 2 fully saturated rings. The van der Waals surface area contributed by atoms with Crippen LogP contribution in [0.2, 0.25) is 0 Å². The zero-order chi connectivity index (χ0) is 27.1. The summed E-state index contributed by atoms with van der Waals surface area (Å²) in [6.45, 7) is 5.83. The van der Waals surface area contributed by atoms with Gasteiger partial charge in [-0.05, 0) is 75.0 Å². The number of carbonyl (C=O) groups excluding carboxylic acids is 1. The van der Waals surface area contributed by atoms with E-state index < -0.39 is 10.0 Å². The third kappa shape index (κ3) is 6.75. The number of ether oxygens (including phenoxy) is 2. The molecule has 1 atom stereocenters. The highest BCUT2D eigenvalue weighted by Gasteiger charge is 2.29. The second-order valence-electron chi connectivity index (χ2n) is 10.4. The average molecular weight is 544 g/mol. The van der Waals surface area contributed by atoms with Gasteiger partial charge in [-0.3, -0.25) is 9.69 Å². The zero-order valence-electron chi connectivity index (χ0n) is 22.8. The van der Waals surface area contributed by atoms with E-state index in [-0.39, 0.29) is 23.3 Å². The summed E-state index contributed by atoms with van der Waals surface area (Å²) in [6.07, 6.45) is 5.22. The molecule has 1 unspecified atom stereocenters. The molecule has 2 saturated heterocycles. The molecule has 0 radical (unpaired) electrons. The number of carbonyl (C=O) groups is 1. The summed E-state index contributed by atoms with van der Waals surface area (Å²) < 4.78 is 39.1. The van der Waals surface area contributed by atoms with E-state index in [9.17, 15) is 13.2 Å². The molecule has 38 heavy (non-hydrogen) atoms. The lowest BCUT2D eigenvalue weighted by molar-refractivity contribution is 0.0983. The molecule has 2 aromatic rings. The second-order valence-corrected chi connectivity index (χ2v) is 12.3. The first-order valence-corrected chi connectivity index (χ1v) is 15.1. The van der Waals surface area contributed by atoms with Crippen LogP contribution < -0.4 is 14.8 Å². The highest BCUT2D eigenvalue weighted by molar-refractivity contribution is 7.89. The standard InChI is InChI=1S/C29H41N3O5S/c1-22-12-16-32(17-13-22)38(34,35)25-9-7-8-23(18-25)28(33)21-30-20-27(31-14-5-4-6-15-31)26-19-24(36-2)10-11-29(26)37-3/h7-11,18-19,22,27,30H,4-6,12-17,20-21H2,1-3H3. The zero-order valence-corrected chi connectivity index (χ0v) is 23.6. The number of hydrogen-bond donors (Lipinski definition) is 1. The number of ketones is 1. The monoisotopic (exact) mass is 543 g/mol. The highest BCUT2D eigenvalue weighted by Crippen LogP contribution is 2.34. The lowest BCUT2D eigenvalue weighted by Crippen LogP contribution is -2.40. The molecule has 0 saturated carbocycles. The lowest BCUT2D eigenvalue weighted by Gasteiger charge is -2.35. The van der Waals surface area contributed by atoms with Gasteiger partial charge in [0.25, 0.3) is 0 Å². The lowest BCUT2D eigenvalue weighted by atomic mass is 10.00. The van der Waals surface area contributed by atoms with Crippen LogP contribution in [0.5, 0.6) is 11.5 Å². The molecular formula is C29H41N3O5S. The van der Waals surface area contributed by atoms with Crippen LogP contribution in [0.4, 0.5) is 0 Å². The predicted molar refractivity (Wildman–Crippen MR) is 149 cm³/mol. The Hall–Kier alpha value is -2.46. The number of nitrogens with one attached hydrogen (secondary N) is 1. The summed E-state index contributed by atoms with van der Waals surface area (Å²) in [4.78, 5) is 15.8. The fraction of sp³-hybridized carbons (Fsp3) is 0.552. The number of hydrogen-bond acceptors (Lipinski definition) is 7. The normalized spacial score (nSPS) is 18.7. The largest absolute Gasteiger partial charge is 0.497 e. The van der Waals surface area contributed by atoms with Gasteiger partial charge in [0.2, 0.25) is 10.0 Å². The third-order valence-corrected chi connectivity index (χ3v) is 9.68. The molecule has 8 nitrogen and oxygen atoms in total. The van der Waals surface area contributed by atoms with Crippen molar-refractivity contribution in [2.45, 2.75) is 50.0 Å². The Kier molecular flexibility index (Phi) is 9.81. The molecule has 0 spiro atoms. The summed E-state index contributed by atoms with van der Waals surface area (Å²) in [5.74, 6) is 1.95. The molecule has 0 amide bonds. The Morgan fingerprint density at radius 3 is 2.42 bits per heavy atom. The quantitative estimate of drug-likeness (QED) is 0.427. The molecule has 0 bridgehead atoms. The first-order valence-electron chi connectivity index (χ1n) is 13.6. The molecular weight excluding hydrogens is 502 g/mol. The SMILES string of the molecule is COc1ccc(OC)c(C(CNCC(=O)c2cccc(S(=O)(=O)N3CCC(C)CC3)c2)N2CCCCC2)c1. The van der Waals surface area contributed by atoms with Crippen molar-refractivity contribution >= 4 is 15.8 Å². The molecule has 208 valence electrons. The number of methoxy groups -OCH3 is 2. The Labute approximate surface area is 227 Å². The summed E-state index contributed by atoms with van der Waals surface area (Å²) in [5, 5.41) is 3.35. The van der Waals surface area contributed by atoms with E-state index in [1.807, 2.05) is 18.2 Å². The minimum Gasteiger partial charge on any atom is -0.497 e. The number of sulfonamides is 1. The van der Waals surface area contributed by atoms with E-state index >= 15 is 0 Å². The molecule has 9 heteroatoms. The number of nitrogens with zero attached hydrogens (tertiary/aromatic N) is 2.